The molecular formula is C24H26N3O4P. The average Bonchev–Trinajstić information content (AvgIpc) is 3.12. The summed E-state index contributed by atoms with van der Waals surface area (Å²) >= 11 is 0. The molecule has 7 nitrogen and oxygen atoms in total. The maximum Gasteiger partial charge on any atom is 0.343 e. The number of nitrogens with zero attached hydrogens (tertiary/aromatic N) is 2. The van der Waals surface area contributed by atoms with Crippen LogP contribution in [0, 0.1) is 0 Å². The number of fused-ring (bicyclic) bond motifs is 5. The van der Waals surface area contributed by atoms with Crippen molar-refractivity contribution in [2.24, 2.45) is 0 Å². The predicted octanol–water partition coefficient (Wildman–Crippen LogP) is 2.08. The van der Waals surface area contributed by atoms with Gasteiger partial charge in [0.25, 0.3) is 5.56 Å². The van der Waals surface area contributed by atoms with E-state index in [1.807, 2.05) is 12.1 Å². The van der Waals surface area contributed by atoms with E-state index in [-0.39, 0.29) is 18.6 Å². The lowest BCUT2D eigenvalue weighted by Gasteiger charge is -2.31. The first-order valence-corrected chi connectivity index (χ1v) is 11.4. The maximum atomic E-state index is 13.3. The highest BCUT2D eigenvalue weighted by Gasteiger charge is 2.45. The molecule has 2 atom stereocenters. The molecule has 0 bridgehead atoms. The van der Waals surface area contributed by atoms with Crippen molar-refractivity contribution >= 4 is 31.4 Å². The Kier molecular flexibility index (Phi) is 4.97. The van der Waals surface area contributed by atoms with Gasteiger partial charge < -0.3 is 19.7 Å². The van der Waals surface area contributed by atoms with Gasteiger partial charge in [-0.3, -0.25) is 4.79 Å². The molecule has 2 N–H and O–H groups in total. The molecule has 3 aromatic rings. The molecule has 0 fully saturated rings. The molecule has 1 aromatic carbocycles. The predicted molar refractivity (Wildman–Crippen MR) is 126 cm³/mol. The molecule has 0 amide bonds. The van der Waals surface area contributed by atoms with Crippen molar-refractivity contribution in [3.8, 4) is 11.4 Å². The number of carbonyl (C=O) groups is 1. The fraction of sp³-hybridized carbons (Fsp3) is 0.375. The molecule has 4 heterocycles. The molecule has 8 heteroatoms. The van der Waals surface area contributed by atoms with Crippen molar-refractivity contribution in [2.75, 3.05) is 0 Å². The second kappa shape index (κ2) is 7.48. The van der Waals surface area contributed by atoms with Crippen molar-refractivity contribution in [1.82, 2.24) is 14.9 Å². The van der Waals surface area contributed by atoms with E-state index in [4.69, 9.17) is 9.72 Å². The number of benzene rings is 1. The Bertz CT molecular complexity index is 1350. The Balaban J connectivity index is 1.70. The highest BCUT2D eigenvalue weighted by atomic mass is 31.0. The van der Waals surface area contributed by atoms with Gasteiger partial charge in [-0.05, 0) is 35.5 Å². The molecule has 0 saturated heterocycles. The van der Waals surface area contributed by atoms with Gasteiger partial charge in [0, 0.05) is 29.1 Å². The molecule has 0 spiro atoms. The van der Waals surface area contributed by atoms with Crippen molar-refractivity contribution in [3.05, 3.63) is 56.9 Å². The Hall–Kier alpha value is -2.60. The van der Waals surface area contributed by atoms with Gasteiger partial charge in [0.05, 0.1) is 29.0 Å². The van der Waals surface area contributed by atoms with Crippen LogP contribution in [0.15, 0.2) is 29.1 Å². The molecule has 2 aliphatic rings. The van der Waals surface area contributed by atoms with E-state index >= 15 is 0 Å². The van der Waals surface area contributed by atoms with E-state index in [0.717, 1.165) is 28.3 Å². The minimum Gasteiger partial charge on any atom is -0.458 e. The second-order valence-electron chi connectivity index (χ2n) is 8.83. The van der Waals surface area contributed by atoms with E-state index in [1.165, 1.54) is 5.56 Å². The third kappa shape index (κ3) is 3.03. The summed E-state index contributed by atoms with van der Waals surface area (Å²) < 4.78 is 6.80. The number of hydrogen-bond donors (Lipinski definition) is 2. The first-order valence-electron chi connectivity index (χ1n) is 10.9. The number of nitrogens with one attached hydrogen (secondary N) is 1. The summed E-state index contributed by atoms with van der Waals surface area (Å²) in [5, 5.41) is 16.6. The van der Waals surface area contributed by atoms with Crippen LogP contribution in [0.25, 0.3) is 22.3 Å². The zero-order chi connectivity index (χ0) is 22.8. The zero-order valence-corrected chi connectivity index (χ0v) is 19.5. The van der Waals surface area contributed by atoms with E-state index in [9.17, 15) is 14.7 Å². The standard InChI is InChI=1S/C24H26N3O4P/c1-4-24(30)17-8-19-21-13(10-27(19)22(28)16(17)11-31-23(24)29)7-14-15(9-25-12(2)3)20(32)6-5-18(14)26-21/h5-8,12,25,30H,4,9-11,32H2,1-3H3/t24-/m0/s1. The van der Waals surface area contributed by atoms with E-state index in [0.29, 0.717) is 35.1 Å². The lowest BCUT2D eigenvalue weighted by molar-refractivity contribution is -0.172. The summed E-state index contributed by atoms with van der Waals surface area (Å²) in [5.41, 5.74) is 2.92. The van der Waals surface area contributed by atoms with Crippen LogP contribution in [-0.4, -0.2) is 26.7 Å². The van der Waals surface area contributed by atoms with Gasteiger partial charge in [-0.15, -0.1) is 9.24 Å². The fourth-order valence-electron chi connectivity index (χ4n) is 4.63. The van der Waals surface area contributed by atoms with Gasteiger partial charge in [-0.25, -0.2) is 9.78 Å². The van der Waals surface area contributed by atoms with E-state index < -0.39 is 11.6 Å². The smallest absolute Gasteiger partial charge is 0.343 e. The number of carbonyl (C=O) groups excluding carboxylic acids is 1. The topological polar surface area (TPSA) is 93.5 Å². The highest BCUT2D eigenvalue weighted by molar-refractivity contribution is 7.27. The van der Waals surface area contributed by atoms with Crippen LogP contribution in [0.1, 0.15) is 49.4 Å². The average molecular weight is 451 g/mol. The summed E-state index contributed by atoms with van der Waals surface area (Å²) in [5.74, 6) is -0.711. The molecule has 0 radical (unpaired) electrons. The van der Waals surface area contributed by atoms with Crippen LogP contribution in [-0.2, 0) is 34.8 Å². The number of hydrogen-bond acceptors (Lipinski definition) is 6. The molecule has 5 rings (SSSR count). The van der Waals surface area contributed by atoms with Gasteiger partial charge in [-0.1, -0.05) is 26.8 Å². The van der Waals surface area contributed by atoms with Crippen LogP contribution in [0.5, 0.6) is 0 Å². The molecule has 2 aromatic heterocycles. The molecule has 0 aliphatic carbocycles. The van der Waals surface area contributed by atoms with Crippen molar-refractivity contribution < 1.29 is 14.6 Å². The number of rotatable bonds is 4. The number of aliphatic hydroxyl groups is 1. The lowest BCUT2D eigenvalue weighted by atomic mass is 9.86. The summed E-state index contributed by atoms with van der Waals surface area (Å²) in [7, 11) is 2.79. The minimum absolute atomic E-state index is 0.122. The van der Waals surface area contributed by atoms with E-state index in [1.54, 1.807) is 17.6 Å². The molecule has 166 valence electrons. The maximum absolute atomic E-state index is 13.3. The Morgan fingerprint density at radius 2 is 2.09 bits per heavy atom. The third-order valence-corrected chi connectivity index (χ3v) is 7.07. The van der Waals surface area contributed by atoms with Crippen LogP contribution in [0.3, 0.4) is 0 Å². The molecule has 32 heavy (non-hydrogen) atoms. The Morgan fingerprint density at radius 3 is 2.81 bits per heavy atom. The Labute approximate surface area is 188 Å². The van der Waals surface area contributed by atoms with Gasteiger partial charge in [0.2, 0.25) is 0 Å². The van der Waals surface area contributed by atoms with Gasteiger partial charge >= 0.3 is 5.97 Å². The SMILES string of the molecule is CC[C@@]1(O)C(=O)OCc2c1cc1n(c2=O)Cc2cc3c(CNC(C)C)c(P)ccc3nc2-1. The van der Waals surface area contributed by atoms with Crippen LogP contribution >= 0.6 is 9.24 Å². The largest absolute Gasteiger partial charge is 0.458 e. The van der Waals surface area contributed by atoms with E-state index in [2.05, 4.69) is 34.5 Å². The fourth-order valence-corrected chi connectivity index (χ4v) is 4.99. The number of ether oxygens (including phenoxy) is 1. The first-order chi connectivity index (χ1) is 15.2. The first kappa shape index (κ1) is 21.3. The second-order valence-corrected chi connectivity index (χ2v) is 9.46. The lowest BCUT2D eigenvalue weighted by Crippen LogP contribution is -2.44. The normalized spacial score (nSPS) is 19.1. The molecule has 2 aliphatic heterocycles. The van der Waals surface area contributed by atoms with Crippen LogP contribution in [0.4, 0.5) is 0 Å². The molecular weight excluding hydrogens is 425 g/mol. The summed E-state index contributed by atoms with van der Waals surface area (Å²) in [6, 6.07) is 8.23. The number of cyclic esters (lactones) is 1. The van der Waals surface area contributed by atoms with Gasteiger partial charge in [0.1, 0.15) is 6.61 Å². The number of esters is 1. The molecule has 0 saturated carbocycles. The van der Waals surface area contributed by atoms with Crippen LogP contribution in [0.2, 0.25) is 0 Å². The monoisotopic (exact) mass is 451 g/mol. The summed E-state index contributed by atoms with van der Waals surface area (Å²) in [6.07, 6.45) is 0.128. The molecule has 1 unspecified atom stereocenters. The van der Waals surface area contributed by atoms with Gasteiger partial charge in [0.15, 0.2) is 5.60 Å². The van der Waals surface area contributed by atoms with Crippen molar-refractivity contribution in [3.63, 3.8) is 0 Å². The zero-order valence-electron chi connectivity index (χ0n) is 18.4. The van der Waals surface area contributed by atoms with Crippen LogP contribution < -0.4 is 16.2 Å². The minimum atomic E-state index is -1.81. The van der Waals surface area contributed by atoms with Crippen molar-refractivity contribution in [1.29, 1.82) is 0 Å². The third-order valence-electron chi connectivity index (χ3n) is 6.53. The van der Waals surface area contributed by atoms with Crippen molar-refractivity contribution in [2.45, 2.75) is 58.5 Å². The van der Waals surface area contributed by atoms with Gasteiger partial charge in [-0.2, -0.15) is 0 Å². The quantitative estimate of drug-likeness (QED) is 0.365. The highest BCUT2D eigenvalue weighted by Crippen LogP contribution is 2.38. The summed E-state index contributed by atoms with van der Waals surface area (Å²) in [6.45, 7) is 6.92. The summed E-state index contributed by atoms with van der Waals surface area (Å²) in [4.78, 5) is 30.5. The number of aromatic nitrogens is 2. The number of pyridine rings is 2. The Morgan fingerprint density at radius 1 is 1.31 bits per heavy atom.